The monoisotopic (exact) mass is 368 g/mol. The van der Waals surface area contributed by atoms with E-state index in [9.17, 15) is 19.7 Å². The lowest BCUT2D eigenvalue weighted by molar-refractivity contribution is -0.384. The van der Waals surface area contributed by atoms with E-state index in [1.807, 2.05) is 4.90 Å². The molecular weight excluding hydrogens is 352 g/mol. The number of fused-ring (bicyclic) bond motifs is 2. The molecule has 1 aliphatic heterocycles. The lowest BCUT2D eigenvalue weighted by atomic mass is 10.1. The van der Waals surface area contributed by atoms with E-state index in [4.69, 9.17) is 4.42 Å². The number of nitrogens with one attached hydrogen (secondary N) is 1. The molecule has 0 radical (unpaired) electrons. The van der Waals surface area contributed by atoms with Gasteiger partial charge in [0.1, 0.15) is 11.4 Å². The molecule has 0 saturated carbocycles. The van der Waals surface area contributed by atoms with E-state index in [-0.39, 0.29) is 28.6 Å². The third-order valence-corrected chi connectivity index (χ3v) is 4.70. The fraction of sp³-hybridized carbons (Fsp3) is 0.278. The molecule has 138 valence electrons. The van der Waals surface area contributed by atoms with Crippen molar-refractivity contribution in [2.75, 3.05) is 6.54 Å². The second-order valence-corrected chi connectivity index (χ2v) is 6.56. The summed E-state index contributed by atoms with van der Waals surface area (Å²) in [5, 5.41) is 11.1. The SMILES string of the molecule is Cc1nc2c(c(=O)[nH]1)CN(Cc1coc3ccc([N+](=O)[O-])cc3c1=O)CC2. The van der Waals surface area contributed by atoms with Crippen LogP contribution < -0.4 is 11.0 Å². The van der Waals surface area contributed by atoms with E-state index in [1.54, 1.807) is 6.92 Å². The van der Waals surface area contributed by atoms with Crippen LogP contribution in [0.1, 0.15) is 22.6 Å². The molecule has 1 aliphatic rings. The number of benzene rings is 1. The zero-order valence-corrected chi connectivity index (χ0v) is 14.5. The molecule has 0 spiro atoms. The van der Waals surface area contributed by atoms with Gasteiger partial charge >= 0.3 is 0 Å². The minimum absolute atomic E-state index is 0.160. The summed E-state index contributed by atoms with van der Waals surface area (Å²) < 4.78 is 5.48. The standard InChI is InChI=1S/C18H16N4O5/c1-10-19-15-4-5-21(8-14(15)18(24)20-10)7-11-9-27-16-3-2-12(22(25)26)6-13(16)17(11)23/h2-3,6,9H,4-5,7-8H2,1H3,(H,19,20,24). The molecule has 1 aromatic carbocycles. The van der Waals surface area contributed by atoms with Gasteiger partial charge in [0.2, 0.25) is 0 Å². The van der Waals surface area contributed by atoms with Crippen molar-refractivity contribution in [1.82, 2.24) is 14.9 Å². The maximum Gasteiger partial charge on any atom is 0.270 e. The number of rotatable bonds is 3. The lowest BCUT2D eigenvalue weighted by Gasteiger charge is -2.27. The summed E-state index contributed by atoms with van der Waals surface area (Å²) in [6.07, 6.45) is 1.99. The first-order valence-electron chi connectivity index (χ1n) is 8.42. The van der Waals surface area contributed by atoms with Gasteiger partial charge in [-0.1, -0.05) is 0 Å². The van der Waals surface area contributed by atoms with Crippen LogP contribution in [0.2, 0.25) is 0 Å². The van der Waals surface area contributed by atoms with E-state index < -0.39 is 4.92 Å². The molecular formula is C18H16N4O5. The Hall–Kier alpha value is -3.33. The number of non-ortho nitro benzene ring substituents is 1. The zero-order chi connectivity index (χ0) is 19.1. The zero-order valence-electron chi connectivity index (χ0n) is 14.5. The second kappa shape index (κ2) is 6.44. The average molecular weight is 368 g/mol. The third-order valence-electron chi connectivity index (χ3n) is 4.70. The molecule has 9 nitrogen and oxygen atoms in total. The maximum atomic E-state index is 12.7. The number of nitrogens with zero attached hydrogens (tertiary/aromatic N) is 3. The summed E-state index contributed by atoms with van der Waals surface area (Å²) in [4.78, 5) is 44.3. The van der Waals surface area contributed by atoms with Crippen LogP contribution in [0.5, 0.6) is 0 Å². The average Bonchev–Trinajstić information content (AvgIpc) is 2.64. The van der Waals surface area contributed by atoms with Crippen LogP contribution in [0, 0.1) is 17.0 Å². The Kier molecular flexibility index (Phi) is 4.08. The number of hydrogen-bond acceptors (Lipinski definition) is 7. The predicted octanol–water partition coefficient (Wildman–Crippen LogP) is 1.65. The van der Waals surface area contributed by atoms with E-state index in [1.165, 1.54) is 24.5 Å². The largest absolute Gasteiger partial charge is 0.464 e. The van der Waals surface area contributed by atoms with Gasteiger partial charge in [-0.25, -0.2) is 4.98 Å². The molecule has 0 amide bonds. The number of aromatic amines is 1. The molecule has 0 saturated heterocycles. The normalized spacial score (nSPS) is 14.3. The fourth-order valence-electron chi connectivity index (χ4n) is 3.36. The maximum absolute atomic E-state index is 12.7. The second-order valence-electron chi connectivity index (χ2n) is 6.56. The van der Waals surface area contributed by atoms with Crippen molar-refractivity contribution in [2.45, 2.75) is 26.4 Å². The minimum atomic E-state index is -0.547. The van der Waals surface area contributed by atoms with Gasteiger partial charge in [-0.3, -0.25) is 24.6 Å². The molecule has 0 aliphatic carbocycles. The van der Waals surface area contributed by atoms with Gasteiger partial charge in [0.15, 0.2) is 5.43 Å². The van der Waals surface area contributed by atoms with Crippen molar-refractivity contribution in [3.63, 3.8) is 0 Å². The number of aromatic nitrogens is 2. The summed E-state index contributed by atoms with van der Waals surface area (Å²) in [6.45, 7) is 3.06. The van der Waals surface area contributed by atoms with Crippen LogP contribution in [-0.2, 0) is 19.5 Å². The van der Waals surface area contributed by atoms with Crippen molar-refractivity contribution < 1.29 is 9.34 Å². The van der Waals surface area contributed by atoms with Gasteiger partial charge in [-0.05, 0) is 13.0 Å². The van der Waals surface area contributed by atoms with Gasteiger partial charge in [-0.15, -0.1) is 0 Å². The van der Waals surface area contributed by atoms with Gasteiger partial charge < -0.3 is 9.40 Å². The summed E-state index contributed by atoms with van der Waals surface area (Å²) in [6, 6.07) is 3.95. The summed E-state index contributed by atoms with van der Waals surface area (Å²) in [5.41, 5.74) is 1.45. The number of aryl methyl sites for hydroxylation is 1. The minimum Gasteiger partial charge on any atom is -0.464 e. The van der Waals surface area contributed by atoms with Crippen molar-refractivity contribution >= 4 is 16.7 Å². The Morgan fingerprint density at radius 2 is 2.19 bits per heavy atom. The quantitative estimate of drug-likeness (QED) is 0.551. The van der Waals surface area contributed by atoms with Gasteiger partial charge in [0.25, 0.3) is 11.2 Å². The highest BCUT2D eigenvalue weighted by molar-refractivity contribution is 5.79. The highest BCUT2D eigenvalue weighted by atomic mass is 16.6. The number of nitro benzene ring substituents is 1. The first kappa shape index (κ1) is 17.1. The highest BCUT2D eigenvalue weighted by Crippen LogP contribution is 2.20. The lowest BCUT2D eigenvalue weighted by Crippen LogP contribution is -2.36. The summed E-state index contributed by atoms with van der Waals surface area (Å²) >= 11 is 0. The summed E-state index contributed by atoms with van der Waals surface area (Å²) in [7, 11) is 0. The Bertz CT molecular complexity index is 1180. The van der Waals surface area contributed by atoms with Crippen LogP contribution in [0.15, 0.2) is 38.5 Å². The van der Waals surface area contributed by atoms with Crippen LogP contribution in [0.3, 0.4) is 0 Å². The van der Waals surface area contributed by atoms with Crippen molar-refractivity contribution in [2.24, 2.45) is 0 Å². The van der Waals surface area contributed by atoms with Crippen LogP contribution >= 0.6 is 0 Å². The smallest absolute Gasteiger partial charge is 0.270 e. The van der Waals surface area contributed by atoms with Crippen LogP contribution in [0.25, 0.3) is 11.0 Å². The summed E-state index contributed by atoms with van der Waals surface area (Å²) in [5.74, 6) is 0.587. The first-order chi connectivity index (χ1) is 12.9. The Balaban J connectivity index is 1.66. The fourth-order valence-corrected chi connectivity index (χ4v) is 3.36. The molecule has 3 heterocycles. The molecule has 0 fully saturated rings. The molecule has 0 bridgehead atoms. The van der Waals surface area contributed by atoms with Crippen LogP contribution in [0.4, 0.5) is 5.69 Å². The molecule has 0 atom stereocenters. The van der Waals surface area contributed by atoms with E-state index >= 15 is 0 Å². The number of hydrogen-bond donors (Lipinski definition) is 1. The van der Waals surface area contributed by atoms with E-state index in [0.29, 0.717) is 42.0 Å². The van der Waals surface area contributed by atoms with Crippen molar-refractivity contribution in [3.8, 4) is 0 Å². The molecule has 1 N–H and O–H groups in total. The molecule has 9 heteroatoms. The third kappa shape index (κ3) is 3.13. The van der Waals surface area contributed by atoms with E-state index in [2.05, 4.69) is 9.97 Å². The Morgan fingerprint density at radius 1 is 1.37 bits per heavy atom. The molecule has 27 heavy (non-hydrogen) atoms. The van der Waals surface area contributed by atoms with Gasteiger partial charge in [-0.2, -0.15) is 0 Å². The molecule has 2 aromatic heterocycles. The molecule has 0 unspecified atom stereocenters. The van der Waals surface area contributed by atoms with Crippen molar-refractivity contribution in [1.29, 1.82) is 0 Å². The Morgan fingerprint density at radius 3 is 2.96 bits per heavy atom. The van der Waals surface area contributed by atoms with E-state index in [0.717, 1.165) is 5.69 Å². The van der Waals surface area contributed by atoms with Gasteiger partial charge in [0, 0.05) is 43.8 Å². The highest BCUT2D eigenvalue weighted by Gasteiger charge is 2.22. The van der Waals surface area contributed by atoms with Gasteiger partial charge in [0.05, 0.1) is 27.8 Å². The molecule has 4 rings (SSSR count). The Labute approximate surface area is 152 Å². The first-order valence-corrected chi connectivity index (χ1v) is 8.42. The number of nitro groups is 1. The molecule has 3 aromatic rings. The number of H-pyrrole nitrogens is 1. The van der Waals surface area contributed by atoms with Crippen LogP contribution in [-0.4, -0.2) is 26.3 Å². The topological polar surface area (TPSA) is 122 Å². The van der Waals surface area contributed by atoms with Crippen molar-refractivity contribution in [3.05, 3.63) is 77.8 Å². The predicted molar refractivity (Wildman–Crippen MR) is 96.6 cm³/mol.